The molecular formula is C19H20N4. The Bertz CT molecular complexity index is 970. The van der Waals surface area contributed by atoms with Gasteiger partial charge in [0.25, 0.3) is 0 Å². The van der Waals surface area contributed by atoms with Gasteiger partial charge in [-0.1, -0.05) is 13.8 Å². The van der Waals surface area contributed by atoms with Crippen molar-refractivity contribution in [1.82, 2.24) is 19.5 Å². The lowest BCUT2D eigenvalue weighted by Gasteiger charge is -2.03. The van der Waals surface area contributed by atoms with E-state index in [1.54, 1.807) is 0 Å². The molecule has 4 heterocycles. The maximum absolute atomic E-state index is 4.83. The van der Waals surface area contributed by atoms with Crippen LogP contribution in [0, 0.1) is 6.92 Å². The lowest BCUT2D eigenvalue weighted by molar-refractivity contribution is 0.989. The standard InChI is InChI=1S/C17H14N4.C2H6/c1-11-9-12(5-8-19-11)15-4-3-13-14-10-18-7-6-16(14)21(2)17(13)20-15;1-2/h3-10H,1-2H3;1-2H3. The molecule has 0 unspecified atom stereocenters. The molecule has 0 aliphatic rings. The number of hydrogen-bond donors (Lipinski definition) is 0. The Morgan fingerprint density at radius 3 is 2.57 bits per heavy atom. The van der Waals surface area contributed by atoms with Crippen LogP contribution in [0.15, 0.2) is 48.9 Å². The highest BCUT2D eigenvalue weighted by atomic mass is 15.0. The quantitative estimate of drug-likeness (QED) is 0.519. The van der Waals surface area contributed by atoms with E-state index in [0.717, 1.165) is 38.9 Å². The van der Waals surface area contributed by atoms with Crippen molar-refractivity contribution in [2.45, 2.75) is 20.8 Å². The number of hydrogen-bond acceptors (Lipinski definition) is 3. The van der Waals surface area contributed by atoms with E-state index < -0.39 is 0 Å². The van der Waals surface area contributed by atoms with Gasteiger partial charge in [-0.05, 0) is 37.3 Å². The Kier molecular flexibility index (Phi) is 4.06. The van der Waals surface area contributed by atoms with Gasteiger partial charge in [0.05, 0.1) is 11.2 Å². The van der Waals surface area contributed by atoms with E-state index >= 15 is 0 Å². The number of pyridine rings is 3. The Labute approximate surface area is 135 Å². The molecule has 4 aromatic heterocycles. The van der Waals surface area contributed by atoms with Crippen LogP contribution in [0.2, 0.25) is 0 Å². The fourth-order valence-electron chi connectivity index (χ4n) is 2.78. The smallest absolute Gasteiger partial charge is 0.141 e. The van der Waals surface area contributed by atoms with E-state index in [4.69, 9.17) is 4.98 Å². The molecule has 0 aromatic carbocycles. The van der Waals surface area contributed by atoms with Crippen LogP contribution < -0.4 is 0 Å². The van der Waals surface area contributed by atoms with Crippen molar-refractivity contribution in [3.63, 3.8) is 0 Å². The van der Waals surface area contributed by atoms with E-state index in [2.05, 4.69) is 32.7 Å². The molecule has 0 saturated heterocycles. The minimum atomic E-state index is 0.965. The van der Waals surface area contributed by atoms with Gasteiger partial charge in [-0.2, -0.15) is 0 Å². The minimum Gasteiger partial charge on any atom is -0.328 e. The third-order valence-corrected chi connectivity index (χ3v) is 3.83. The van der Waals surface area contributed by atoms with Crippen molar-refractivity contribution in [1.29, 1.82) is 0 Å². The third kappa shape index (κ3) is 2.57. The lowest BCUT2D eigenvalue weighted by atomic mass is 10.1. The predicted molar refractivity (Wildman–Crippen MR) is 95.3 cm³/mol. The van der Waals surface area contributed by atoms with Crippen LogP contribution in [0.3, 0.4) is 0 Å². The summed E-state index contributed by atoms with van der Waals surface area (Å²) >= 11 is 0. The minimum absolute atomic E-state index is 0.965. The molecule has 0 amide bonds. The zero-order valence-electron chi connectivity index (χ0n) is 13.9. The van der Waals surface area contributed by atoms with Crippen LogP contribution in [0.1, 0.15) is 19.5 Å². The lowest BCUT2D eigenvalue weighted by Crippen LogP contribution is -1.92. The van der Waals surface area contributed by atoms with Gasteiger partial charge in [0.1, 0.15) is 5.65 Å². The second kappa shape index (κ2) is 6.16. The maximum Gasteiger partial charge on any atom is 0.141 e. The summed E-state index contributed by atoms with van der Waals surface area (Å²) in [7, 11) is 2.04. The summed E-state index contributed by atoms with van der Waals surface area (Å²) < 4.78 is 2.11. The van der Waals surface area contributed by atoms with Crippen molar-refractivity contribution in [3.05, 3.63) is 54.6 Å². The predicted octanol–water partition coefficient (Wildman–Crippen LogP) is 4.52. The van der Waals surface area contributed by atoms with Crippen molar-refractivity contribution < 1.29 is 0 Å². The largest absolute Gasteiger partial charge is 0.328 e. The molecule has 4 heteroatoms. The average molecular weight is 304 g/mol. The van der Waals surface area contributed by atoms with Crippen molar-refractivity contribution >= 4 is 21.9 Å². The van der Waals surface area contributed by atoms with Gasteiger partial charge in [-0.25, -0.2) is 4.98 Å². The molecular weight excluding hydrogens is 284 g/mol. The summed E-state index contributed by atoms with van der Waals surface area (Å²) in [6, 6.07) is 10.2. The first-order valence-electron chi connectivity index (χ1n) is 7.86. The van der Waals surface area contributed by atoms with E-state index in [-0.39, 0.29) is 0 Å². The molecule has 0 saturated carbocycles. The molecule has 0 bridgehead atoms. The van der Waals surface area contributed by atoms with Crippen molar-refractivity contribution in [2.75, 3.05) is 0 Å². The highest BCUT2D eigenvalue weighted by Crippen LogP contribution is 2.28. The molecule has 23 heavy (non-hydrogen) atoms. The summed E-state index contributed by atoms with van der Waals surface area (Å²) in [6.45, 7) is 5.99. The van der Waals surface area contributed by atoms with E-state index in [1.165, 1.54) is 0 Å². The summed E-state index contributed by atoms with van der Waals surface area (Å²) in [5.41, 5.74) is 5.18. The number of fused-ring (bicyclic) bond motifs is 3. The normalized spacial score (nSPS) is 10.6. The topological polar surface area (TPSA) is 43.6 Å². The molecule has 4 nitrogen and oxygen atoms in total. The monoisotopic (exact) mass is 304 g/mol. The van der Waals surface area contributed by atoms with Crippen LogP contribution >= 0.6 is 0 Å². The zero-order valence-corrected chi connectivity index (χ0v) is 13.9. The van der Waals surface area contributed by atoms with Crippen LogP contribution in [0.5, 0.6) is 0 Å². The SMILES string of the molecule is CC.Cc1cc(-c2ccc3c4cnccc4n(C)c3n2)ccn1. The van der Waals surface area contributed by atoms with Crippen LogP contribution in [-0.4, -0.2) is 19.5 Å². The van der Waals surface area contributed by atoms with Crippen molar-refractivity contribution in [2.24, 2.45) is 7.05 Å². The summed E-state index contributed by atoms with van der Waals surface area (Å²) in [4.78, 5) is 13.3. The van der Waals surface area contributed by atoms with Gasteiger partial charge < -0.3 is 4.57 Å². The molecule has 0 radical (unpaired) electrons. The number of nitrogens with zero attached hydrogens (tertiary/aromatic N) is 4. The van der Waals surface area contributed by atoms with Crippen LogP contribution in [0.4, 0.5) is 0 Å². The third-order valence-electron chi connectivity index (χ3n) is 3.83. The van der Waals surface area contributed by atoms with E-state index in [1.807, 2.05) is 58.5 Å². The first-order chi connectivity index (χ1) is 11.2. The zero-order chi connectivity index (χ0) is 16.4. The Hall–Kier alpha value is -2.75. The second-order valence-corrected chi connectivity index (χ2v) is 5.21. The Morgan fingerprint density at radius 2 is 1.78 bits per heavy atom. The average Bonchev–Trinajstić information content (AvgIpc) is 2.89. The fourth-order valence-corrected chi connectivity index (χ4v) is 2.78. The molecule has 0 aliphatic carbocycles. The van der Waals surface area contributed by atoms with Gasteiger partial charge in [-0.3, -0.25) is 9.97 Å². The fraction of sp³-hybridized carbons (Fsp3) is 0.211. The van der Waals surface area contributed by atoms with Gasteiger partial charge in [0.2, 0.25) is 0 Å². The highest BCUT2D eigenvalue weighted by molar-refractivity contribution is 6.06. The van der Waals surface area contributed by atoms with Crippen molar-refractivity contribution in [3.8, 4) is 11.3 Å². The Morgan fingerprint density at radius 1 is 0.957 bits per heavy atom. The maximum atomic E-state index is 4.83. The highest BCUT2D eigenvalue weighted by Gasteiger charge is 2.10. The van der Waals surface area contributed by atoms with Gasteiger partial charge in [0.15, 0.2) is 0 Å². The molecule has 4 aromatic rings. The van der Waals surface area contributed by atoms with Gasteiger partial charge in [-0.15, -0.1) is 0 Å². The van der Waals surface area contributed by atoms with Crippen LogP contribution in [0.25, 0.3) is 33.2 Å². The van der Waals surface area contributed by atoms with Gasteiger partial charge >= 0.3 is 0 Å². The van der Waals surface area contributed by atoms with E-state index in [0.29, 0.717) is 0 Å². The first-order valence-corrected chi connectivity index (χ1v) is 7.86. The molecule has 0 fully saturated rings. The molecule has 0 aliphatic heterocycles. The summed E-state index contributed by atoms with van der Waals surface area (Å²) in [6.07, 6.45) is 5.53. The molecule has 116 valence electrons. The van der Waals surface area contributed by atoms with Crippen LogP contribution in [-0.2, 0) is 7.05 Å². The van der Waals surface area contributed by atoms with E-state index in [9.17, 15) is 0 Å². The van der Waals surface area contributed by atoms with Gasteiger partial charge in [0, 0.05) is 47.7 Å². The number of aromatic nitrogens is 4. The molecule has 0 N–H and O–H groups in total. The Balaban J connectivity index is 0.000000753. The molecule has 0 atom stereocenters. The number of aryl methyl sites for hydroxylation is 2. The summed E-state index contributed by atoms with van der Waals surface area (Å²) in [5, 5.41) is 2.27. The molecule has 4 rings (SSSR count). The number of rotatable bonds is 1. The summed E-state index contributed by atoms with van der Waals surface area (Å²) in [5.74, 6) is 0. The second-order valence-electron chi connectivity index (χ2n) is 5.21. The first kappa shape index (κ1) is 15.2. The molecule has 0 spiro atoms.